The lowest BCUT2D eigenvalue weighted by atomic mass is 10.0. The molecule has 4 rings (SSSR count). The number of carbonyl (C=O) groups is 2. The Morgan fingerprint density at radius 2 is 1.94 bits per heavy atom. The number of thiophene rings is 1. The summed E-state index contributed by atoms with van der Waals surface area (Å²) in [5, 5.41) is 13.2. The summed E-state index contributed by atoms with van der Waals surface area (Å²) in [5.41, 5.74) is 4.13. The van der Waals surface area contributed by atoms with Crippen molar-refractivity contribution in [3.63, 3.8) is 0 Å². The highest BCUT2D eigenvalue weighted by atomic mass is 32.1. The van der Waals surface area contributed by atoms with Gasteiger partial charge in [-0.1, -0.05) is 35.5 Å². The number of methoxy groups -OCH3 is 1. The van der Waals surface area contributed by atoms with E-state index in [4.69, 9.17) is 4.74 Å². The molecule has 0 spiro atoms. The SMILES string of the molecule is COCCNC(=O)C(c1cccs1)N(C(=O)Cn1nnc2ccccc21)c1cccc(C)c1C. The van der Waals surface area contributed by atoms with E-state index < -0.39 is 6.04 Å². The van der Waals surface area contributed by atoms with Crippen LogP contribution in [0.1, 0.15) is 22.0 Å². The molecule has 34 heavy (non-hydrogen) atoms. The van der Waals surface area contributed by atoms with E-state index in [0.717, 1.165) is 21.5 Å². The van der Waals surface area contributed by atoms with Crippen LogP contribution in [0.4, 0.5) is 5.69 Å². The summed E-state index contributed by atoms with van der Waals surface area (Å²) >= 11 is 1.44. The van der Waals surface area contributed by atoms with Gasteiger partial charge in [0.1, 0.15) is 18.1 Å². The number of nitrogens with zero attached hydrogens (tertiary/aromatic N) is 4. The molecule has 2 heterocycles. The number of rotatable bonds is 9. The van der Waals surface area contributed by atoms with Crippen LogP contribution in [0, 0.1) is 13.8 Å². The fourth-order valence-corrected chi connectivity index (χ4v) is 4.66. The molecule has 0 bridgehead atoms. The van der Waals surface area contributed by atoms with Crippen molar-refractivity contribution in [2.45, 2.75) is 26.4 Å². The number of benzene rings is 2. The van der Waals surface area contributed by atoms with E-state index in [1.165, 1.54) is 11.3 Å². The van der Waals surface area contributed by atoms with Crippen LogP contribution in [-0.4, -0.2) is 47.1 Å². The molecule has 8 nitrogen and oxygen atoms in total. The maximum atomic E-state index is 13.9. The standard InChI is InChI=1S/C25H27N5O3S/c1-17-8-6-11-20(18(17)2)30(23(31)16-29-21-10-5-4-9-19(21)27-28-29)24(22-12-7-15-34-22)25(32)26-13-14-33-3/h4-12,15,24H,13-14,16H2,1-3H3,(H,26,32). The van der Waals surface area contributed by atoms with E-state index in [2.05, 4.69) is 15.6 Å². The minimum absolute atomic E-state index is 0.0544. The third-order valence-electron chi connectivity index (χ3n) is 5.73. The molecular formula is C25H27N5O3S. The van der Waals surface area contributed by atoms with Gasteiger partial charge in [0.2, 0.25) is 11.8 Å². The molecule has 0 radical (unpaired) electrons. The Bertz CT molecular complexity index is 1280. The summed E-state index contributed by atoms with van der Waals surface area (Å²) in [7, 11) is 1.58. The van der Waals surface area contributed by atoms with E-state index in [-0.39, 0.29) is 18.4 Å². The van der Waals surface area contributed by atoms with Crippen molar-refractivity contribution < 1.29 is 14.3 Å². The van der Waals surface area contributed by atoms with Crippen molar-refractivity contribution in [1.29, 1.82) is 0 Å². The third-order valence-corrected chi connectivity index (χ3v) is 6.66. The fourth-order valence-electron chi connectivity index (χ4n) is 3.85. The molecule has 2 amide bonds. The number of amides is 2. The second kappa shape index (κ2) is 10.6. The predicted octanol–water partition coefficient (Wildman–Crippen LogP) is 3.65. The Hall–Kier alpha value is -3.56. The lowest BCUT2D eigenvalue weighted by Gasteiger charge is -2.32. The first-order chi connectivity index (χ1) is 16.5. The molecule has 2 aromatic heterocycles. The van der Waals surface area contributed by atoms with Crippen molar-refractivity contribution in [2.24, 2.45) is 0 Å². The maximum absolute atomic E-state index is 13.9. The molecule has 1 N–H and O–H groups in total. The van der Waals surface area contributed by atoms with Crippen LogP contribution in [0.15, 0.2) is 60.0 Å². The highest BCUT2D eigenvalue weighted by molar-refractivity contribution is 7.10. The summed E-state index contributed by atoms with van der Waals surface area (Å²) in [6.45, 7) is 4.63. The number of fused-ring (bicyclic) bond motifs is 1. The van der Waals surface area contributed by atoms with Crippen LogP contribution >= 0.6 is 11.3 Å². The van der Waals surface area contributed by atoms with Crippen molar-refractivity contribution in [2.75, 3.05) is 25.2 Å². The van der Waals surface area contributed by atoms with Crippen molar-refractivity contribution in [1.82, 2.24) is 20.3 Å². The molecule has 1 atom stereocenters. The smallest absolute Gasteiger partial charge is 0.249 e. The number of nitrogens with one attached hydrogen (secondary N) is 1. The second-order valence-electron chi connectivity index (χ2n) is 7.92. The Labute approximate surface area is 202 Å². The molecule has 0 saturated heterocycles. The normalized spacial score (nSPS) is 12.0. The lowest BCUT2D eigenvalue weighted by Crippen LogP contribution is -2.46. The average molecular weight is 478 g/mol. The van der Waals surface area contributed by atoms with Crippen LogP contribution in [-0.2, 0) is 20.9 Å². The molecule has 2 aromatic carbocycles. The molecule has 0 aliphatic heterocycles. The number of aryl methyl sites for hydroxylation is 1. The molecule has 0 fully saturated rings. The second-order valence-corrected chi connectivity index (χ2v) is 8.90. The maximum Gasteiger partial charge on any atom is 0.249 e. The quantitative estimate of drug-likeness (QED) is 0.372. The van der Waals surface area contributed by atoms with E-state index in [0.29, 0.717) is 24.4 Å². The molecule has 9 heteroatoms. The van der Waals surface area contributed by atoms with Crippen LogP contribution in [0.2, 0.25) is 0 Å². The highest BCUT2D eigenvalue weighted by Crippen LogP contribution is 2.34. The van der Waals surface area contributed by atoms with Crippen molar-refractivity contribution >= 4 is 39.9 Å². The third kappa shape index (κ3) is 4.85. The van der Waals surface area contributed by atoms with Gasteiger partial charge in [-0.25, -0.2) is 4.68 Å². The lowest BCUT2D eigenvalue weighted by molar-refractivity contribution is -0.127. The Morgan fingerprint density at radius 3 is 2.71 bits per heavy atom. The van der Waals surface area contributed by atoms with E-state index in [9.17, 15) is 9.59 Å². The number of hydrogen-bond donors (Lipinski definition) is 1. The first-order valence-corrected chi connectivity index (χ1v) is 11.9. The number of carbonyl (C=O) groups excluding carboxylic acids is 2. The first-order valence-electron chi connectivity index (χ1n) is 11.0. The van der Waals surface area contributed by atoms with E-state index in [1.807, 2.05) is 73.8 Å². The van der Waals surface area contributed by atoms with Gasteiger partial charge in [-0.3, -0.25) is 14.5 Å². The van der Waals surface area contributed by atoms with Crippen molar-refractivity contribution in [3.05, 3.63) is 76.0 Å². The number of para-hydroxylation sites is 1. The zero-order chi connectivity index (χ0) is 24.1. The zero-order valence-electron chi connectivity index (χ0n) is 19.4. The summed E-state index contributed by atoms with van der Waals surface area (Å²) in [6.07, 6.45) is 0. The average Bonchev–Trinajstić information content (AvgIpc) is 3.50. The minimum Gasteiger partial charge on any atom is -0.383 e. The van der Waals surface area contributed by atoms with E-state index >= 15 is 0 Å². The van der Waals surface area contributed by atoms with Gasteiger partial charge >= 0.3 is 0 Å². The van der Waals surface area contributed by atoms with Gasteiger partial charge in [0, 0.05) is 24.2 Å². The molecule has 176 valence electrons. The Morgan fingerprint density at radius 1 is 1.12 bits per heavy atom. The van der Waals surface area contributed by atoms with Gasteiger partial charge in [-0.15, -0.1) is 16.4 Å². The fraction of sp³-hybridized carbons (Fsp3) is 0.280. The van der Waals surface area contributed by atoms with Crippen LogP contribution in [0.5, 0.6) is 0 Å². The number of aromatic nitrogens is 3. The highest BCUT2D eigenvalue weighted by Gasteiger charge is 2.34. The number of anilines is 1. The molecular weight excluding hydrogens is 450 g/mol. The zero-order valence-corrected chi connectivity index (χ0v) is 20.2. The van der Waals surface area contributed by atoms with Gasteiger partial charge in [-0.05, 0) is 54.6 Å². The van der Waals surface area contributed by atoms with Crippen LogP contribution < -0.4 is 10.2 Å². The van der Waals surface area contributed by atoms with E-state index in [1.54, 1.807) is 16.7 Å². The first kappa shape index (κ1) is 23.6. The molecule has 4 aromatic rings. The van der Waals surface area contributed by atoms with Crippen LogP contribution in [0.3, 0.4) is 0 Å². The predicted molar refractivity (Wildman–Crippen MR) is 133 cm³/mol. The molecule has 0 aliphatic rings. The minimum atomic E-state index is -0.834. The summed E-state index contributed by atoms with van der Waals surface area (Å²) in [6, 6.07) is 16.2. The summed E-state index contributed by atoms with van der Waals surface area (Å²) in [5.74, 6) is -0.526. The summed E-state index contributed by atoms with van der Waals surface area (Å²) in [4.78, 5) is 29.7. The van der Waals surface area contributed by atoms with Crippen molar-refractivity contribution in [3.8, 4) is 0 Å². The molecule has 0 saturated carbocycles. The number of ether oxygens (including phenoxy) is 1. The van der Waals surface area contributed by atoms with Gasteiger partial charge in [-0.2, -0.15) is 0 Å². The summed E-state index contributed by atoms with van der Waals surface area (Å²) < 4.78 is 6.66. The van der Waals surface area contributed by atoms with Gasteiger partial charge in [0.25, 0.3) is 0 Å². The van der Waals surface area contributed by atoms with Gasteiger partial charge in [0.05, 0.1) is 12.1 Å². The Kier molecular flexibility index (Phi) is 7.34. The van der Waals surface area contributed by atoms with Gasteiger partial charge < -0.3 is 10.1 Å². The Balaban J connectivity index is 1.78. The monoisotopic (exact) mass is 477 g/mol. The number of hydrogen-bond acceptors (Lipinski definition) is 6. The van der Waals surface area contributed by atoms with Gasteiger partial charge in [0.15, 0.2) is 0 Å². The topological polar surface area (TPSA) is 89.4 Å². The molecule has 1 unspecified atom stereocenters. The molecule has 0 aliphatic carbocycles. The largest absolute Gasteiger partial charge is 0.383 e. The van der Waals surface area contributed by atoms with Crippen LogP contribution in [0.25, 0.3) is 11.0 Å².